The van der Waals surface area contributed by atoms with Crippen molar-refractivity contribution < 1.29 is 4.79 Å². The molecular formula is C18H35ClN2O. The van der Waals surface area contributed by atoms with E-state index in [-0.39, 0.29) is 12.4 Å². The molecule has 0 saturated carbocycles. The molecule has 130 valence electrons. The Balaban J connectivity index is 0.00000242. The number of likely N-dealkylation sites (tertiary alicyclic amines) is 1. The van der Waals surface area contributed by atoms with Crippen molar-refractivity contribution in [2.24, 2.45) is 23.7 Å². The van der Waals surface area contributed by atoms with Crippen molar-refractivity contribution in [1.82, 2.24) is 10.2 Å². The second kappa shape index (κ2) is 9.77. The van der Waals surface area contributed by atoms with Crippen molar-refractivity contribution in [3.8, 4) is 0 Å². The molecule has 2 fully saturated rings. The van der Waals surface area contributed by atoms with Gasteiger partial charge < -0.3 is 10.2 Å². The standard InChI is InChI=1S/C18H34N2O.ClH/c1-14(2)10-16-6-5-9-20(13-16)18(21)11-15(3)17-7-4-8-19-12-17;/h14-17,19H,4-13H2,1-3H3;1H. The highest BCUT2D eigenvalue weighted by molar-refractivity contribution is 5.85. The van der Waals surface area contributed by atoms with Gasteiger partial charge in [-0.2, -0.15) is 0 Å². The highest BCUT2D eigenvalue weighted by Crippen LogP contribution is 2.26. The van der Waals surface area contributed by atoms with E-state index < -0.39 is 0 Å². The van der Waals surface area contributed by atoms with Gasteiger partial charge in [0, 0.05) is 19.5 Å². The zero-order chi connectivity index (χ0) is 15.2. The van der Waals surface area contributed by atoms with Gasteiger partial charge in [-0.1, -0.05) is 20.8 Å². The number of hydrogen-bond acceptors (Lipinski definition) is 2. The van der Waals surface area contributed by atoms with Crippen LogP contribution in [0.4, 0.5) is 0 Å². The summed E-state index contributed by atoms with van der Waals surface area (Å²) in [5, 5.41) is 3.47. The number of hydrogen-bond donors (Lipinski definition) is 1. The second-order valence-corrected chi connectivity index (χ2v) is 7.77. The summed E-state index contributed by atoms with van der Waals surface area (Å²) in [5.74, 6) is 3.10. The number of carbonyl (C=O) groups is 1. The third kappa shape index (κ3) is 6.08. The Morgan fingerprint density at radius 2 is 2.00 bits per heavy atom. The minimum atomic E-state index is 0. The molecule has 1 N–H and O–H groups in total. The minimum Gasteiger partial charge on any atom is -0.342 e. The van der Waals surface area contributed by atoms with Crippen molar-refractivity contribution in [3.05, 3.63) is 0 Å². The van der Waals surface area contributed by atoms with Gasteiger partial charge in [0.1, 0.15) is 0 Å². The van der Waals surface area contributed by atoms with E-state index in [0.717, 1.165) is 44.4 Å². The van der Waals surface area contributed by atoms with Crippen molar-refractivity contribution in [2.75, 3.05) is 26.2 Å². The molecule has 0 spiro atoms. The van der Waals surface area contributed by atoms with Crippen LogP contribution >= 0.6 is 12.4 Å². The maximum absolute atomic E-state index is 12.6. The maximum atomic E-state index is 12.6. The summed E-state index contributed by atoms with van der Waals surface area (Å²) >= 11 is 0. The molecule has 0 aromatic carbocycles. The van der Waals surface area contributed by atoms with Crippen LogP contribution in [0.15, 0.2) is 0 Å². The molecule has 2 saturated heterocycles. The van der Waals surface area contributed by atoms with Crippen LogP contribution in [0.3, 0.4) is 0 Å². The molecule has 0 radical (unpaired) electrons. The number of halogens is 1. The Bertz CT molecular complexity index is 329. The Morgan fingerprint density at radius 3 is 2.64 bits per heavy atom. The molecule has 4 heteroatoms. The summed E-state index contributed by atoms with van der Waals surface area (Å²) in [4.78, 5) is 14.7. The lowest BCUT2D eigenvalue weighted by Gasteiger charge is -2.35. The third-order valence-corrected chi connectivity index (χ3v) is 5.31. The first-order chi connectivity index (χ1) is 10.1. The number of nitrogens with one attached hydrogen (secondary N) is 1. The fourth-order valence-electron chi connectivity index (χ4n) is 4.09. The van der Waals surface area contributed by atoms with E-state index in [9.17, 15) is 4.79 Å². The van der Waals surface area contributed by atoms with Crippen LogP contribution in [0.1, 0.15) is 59.3 Å². The van der Waals surface area contributed by atoms with E-state index in [1.807, 2.05) is 0 Å². The van der Waals surface area contributed by atoms with Gasteiger partial charge in [-0.15, -0.1) is 12.4 Å². The quantitative estimate of drug-likeness (QED) is 0.833. The molecule has 0 aliphatic carbocycles. The summed E-state index contributed by atoms with van der Waals surface area (Å²) in [5.41, 5.74) is 0. The fourth-order valence-corrected chi connectivity index (χ4v) is 4.09. The number of piperidine rings is 2. The van der Waals surface area contributed by atoms with Crippen molar-refractivity contribution in [1.29, 1.82) is 0 Å². The van der Waals surface area contributed by atoms with Gasteiger partial charge in [-0.25, -0.2) is 0 Å². The molecule has 2 aliphatic heterocycles. The smallest absolute Gasteiger partial charge is 0.222 e. The van der Waals surface area contributed by atoms with Gasteiger partial charge >= 0.3 is 0 Å². The van der Waals surface area contributed by atoms with Crippen molar-refractivity contribution >= 4 is 18.3 Å². The topological polar surface area (TPSA) is 32.3 Å². The number of rotatable bonds is 5. The summed E-state index contributed by atoms with van der Waals surface area (Å²) < 4.78 is 0. The monoisotopic (exact) mass is 330 g/mol. The molecule has 1 amide bonds. The molecule has 0 aromatic rings. The van der Waals surface area contributed by atoms with E-state index in [2.05, 4.69) is 31.0 Å². The number of nitrogens with zero attached hydrogens (tertiary/aromatic N) is 1. The summed E-state index contributed by atoms with van der Waals surface area (Å²) in [6.07, 6.45) is 7.08. The van der Waals surface area contributed by atoms with E-state index >= 15 is 0 Å². The van der Waals surface area contributed by atoms with E-state index in [1.165, 1.54) is 32.1 Å². The highest BCUT2D eigenvalue weighted by Gasteiger charge is 2.27. The van der Waals surface area contributed by atoms with E-state index in [4.69, 9.17) is 0 Å². The SMILES string of the molecule is CC(C)CC1CCCN(C(=O)CC(C)C2CCCNC2)C1.Cl. The van der Waals surface area contributed by atoms with Crippen LogP contribution in [-0.4, -0.2) is 37.0 Å². The average Bonchev–Trinajstić information content (AvgIpc) is 2.47. The predicted octanol–water partition coefficient (Wildman–Crippen LogP) is 3.72. The molecule has 22 heavy (non-hydrogen) atoms. The molecule has 3 atom stereocenters. The summed E-state index contributed by atoms with van der Waals surface area (Å²) in [7, 11) is 0. The Hall–Kier alpha value is -0.280. The zero-order valence-corrected chi connectivity index (χ0v) is 15.5. The third-order valence-electron chi connectivity index (χ3n) is 5.31. The van der Waals surface area contributed by atoms with Crippen LogP contribution in [0, 0.1) is 23.7 Å². The molecule has 2 heterocycles. The molecule has 2 aliphatic rings. The van der Waals surface area contributed by atoms with E-state index in [1.54, 1.807) is 0 Å². The minimum absolute atomic E-state index is 0. The molecule has 3 nitrogen and oxygen atoms in total. The lowest BCUT2D eigenvalue weighted by Crippen LogP contribution is -2.42. The largest absolute Gasteiger partial charge is 0.342 e. The summed E-state index contributed by atoms with van der Waals surface area (Å²) in [6.45, 7) is 11.1. The van der Waals surface area contributed by atoms with Gasteiger partial charge in [0.25, 0.3) is 0 Å². The summed E-state index contributed by atoms with van der Waals surface area (Å²) in [6, 6.07) is 0. The fraction of sp³-hybridized carbons (Fsp3) is 0.944. The Kier molecular flexibility index (Phi) is 8.78. The molecule has 0 bridgehead atoms. The first-order valence-corrected chi connectivity index (χ1v) is 9.04. The van der Waals surface area contributed by atoms with Crippen LogP contribution in [0.25, 0.3) is 0 Å². The molecule has 0 aromatic heterocycles. The van der Waals surface area contributed by atoms with Gasteiger partial charge in [0.2, 0.25) is 5.91 Å². The maximum Gasteiger partial charge on any atom is 0.222 e. The highest BCUT2D eigenvalue weighted by atomic mass is 35.5. The van der Waals surface area contributed by atoms with Gasteiger partial charge in [-0.3, -0.25) is 4.79 Å². The van der Waals surface area contributed by atoms with Gasteiger partial charge in [0.15, 0.2) is 0 Å². The first kappa shape index (κ1) is 19.8. The number of carbonyl (C=O) groups excluding carboxylic acids is 1. The number of amides is 1. The second-order valence-electron chi connectivity index (χ2n) is 7.77. The molecule has 2 rings (SSSR count). The molecule has 3 unspecified atom stereocenters. The normalized spacial score (nSPS) is 27.4. The molecular weight excluding hydrogens is 296 g/mol. The van der Waals surface area contributed by atoms with E-state index in [0.29, 0.717) is 17.7 Å². The Morgan fingerprint density at radius 1 is 1.23 bits per heavy atom. The predicted molar refractivity (Wildman–Crippen MR) is 95.4 cm³/mol. The van der Waals surface area contributed by atoms with Crippen LogP contribution in [0.2, 0.25) is 0 Å². The van der Waals surface area contributed by atoms with Crippen molar-refractivity contribution in [2.45, 2.75) is 59.3 Å². The average molecular weight is 331 g/mol. The van der Waals surface area contributed by atoms with Crippen molar-refractivity contribution in [3.63, 3.8) is 0 Å². The van der Waals surface area contributed by atoms with Gasteiger partial charge in [-0.05, 0) is 68.9 Å². The van der Waals surface area contributed by atoms with Crippen LogP contribution < -0.4 is 5.32 Å². The lowest BCUT2D eigenvalue weighted by molar-refractivity contribution is -0.134. The zero-order valence-electron chi connectivity index (χ0n) is 14.6. The van der Waals surface area contributed by atoms with Gasteiger partial charge in [0.05, 0.1) is 0 Å². The Labute approximate surface area is 143 Å². The lowest BCUT2D eigenvalue weighted by atomic mass is 9.84. The van der Waals surface area contributed by atoms with Crippen LogP contribution in [0.5, 0.6) is 0 Å². The van der Waals surface area contributed by atoms with Crippen LogP contribution in [-0.2, 0) is 4.79 Å². The first-order valence-electron chi connectivity index (χ1n) is 9.04.